The second-order valence-corrected chi connectivity index (χ2v) is 7.24. The fourth-order valence-corrected chi connectivity index (χ4v) is 4.27. The van der Waals surface area contributed by atoms with Crippen molar-refractivity contribution in [2.75, 3.05) is 6.61 Å². The second-order valence-electron chi connectivity index (χ2n) is 6.23. The van der Waals surface area contributed by atoms with Gasteiger partial charge in [-0.3, -0.25) is 9.36 Å². The molecule has 0 bridgehead atoms. The Labute approximate surface area is 164 Å². The Kier molecular flexibility index (Phi) is 4.83. The van der Waals surface area contributed by atoms with Crippen molar-refractivity contribution < 1.29 is 13.9 Å². The number of ether oxygens (including phenoxy) is 1. The summed E-state index contributed by atoms with van der Waals surface area (Å²) in [7, 11) is 0. The van der Waals surface area contributed by atoms with Gasteiger partial charge >= 0.3 is 5.97 Å². The molecule has 0 saturated heterocycles. The number of carbonyl (C=O) groups is 1. The van der Waals surface area contributed by atoms with Crippen molar-refractivity contribution in [1.29, 1.82) is 0 Å². The predicted octanol–water partition coefficient (Wildman–Crippen LogP) is 2.39. The second kappa shape index (κ2) is 7.44. The molecule has 2 aromatic heterocycles. The van der Waals surface area contributed by atoms with Crippen molar-refractivity contribution in [3.8, 4) is 0 Å². The molecule has 1 aromatic carbocycles. The van der Waals surface area contributed by atoms with Gasteiger partial charge < -0.3 is 9.15 Å². The van der Waals surface area contributed by atoms with E-state index in [2.05, 4.69) is 4.99 Å². The monoisotopic (exact) mass is 394 g/mol. The van der Waals surface area contributed by atoms with Crippen LogP contribution >= 0.6 is 11.3 Å². The van der Waals surface area contributed by atoms with Crippen LogP contribution in [-0.2, 0) is 9.53 Å². The van der Waals surface area contributed by atoms with Crippen molar-refractivity contribution in [3.63, 3.8) is 0 Å². The van der Waals surface area contributed by atoms with Crippen LogP contribution < -0.4 is 14.9 Å². The summed E-state index contributed by atoms with van der Waals surface area (Å²) in [6, 6.07) is 12.4. The van der Waals surface area contributed by atoms with Gasteiger partial charge in [-0.1, -0.05) is 41.7 Å². The highest BCUT2D eigenvalue weighted by Crippen LogP contribution is 2.30. The molecular weight excluding hydrogens is 376 g/mol. The number of rotatable bonds is 4. The third kappa shape index (κ3) is 3.14. The van der Waals surface area contributed by atoms with Gasteiger partial charge in [0, 0.05) is 6.08 Å². The largest absolute Gasteiger partial charge is 0.465 e. The van der Waals surface area contributed by atoms with Crippen molar-refractivity contribution in [1.82, 2.24) is 4.57 Å². The van der Waals surface area contributed by atoms with Gasteiger partial charge in [0.2, 0.25) is 0 Å². The molecule has 4 rings (SSSR count). The van der Waals surface area contributed by atoms with E-state index in [-0.39, 0.29) is 12.2 Å². The predicted molar refractivity (Wildman–Crippen MR) is 106 cm³/mol. The first-order chi connectivity index (χ1) is 13.6. The molecule has 3 heterocycles. The summed E-state index contributed by atoms with van der Waals surface area (Å²) in [5.74, 6) is 0.126. The number of allylic oxidation sites excluding steroid dienone is 1. The molecule has 7 heteroatoms. The molecule has 0 amide bonds. The first-order valence-electron chi connectivity index (χ1n) is 8.88. The van der Waals surface area contributed by atoms with Crippen LogP contribution in [0.25, 0.3) is 6.08 Å². The van der Waals surface area contributed by atoms with E-state index in [1.807, 2.05) is 30.3 Å². The first-order valence-corrected chi connectivity index (χ1v) is 9.70. The van der Waals surface area contributed by atoms with E-state index < -0.39 is 12.0 Å². The highest BCUT2D eigenvalue weighted by Gasteiger charge is 2.33. The zero-order chi connectivity index (χ0) is 19.7. The van der Waals surface area contributed by atoms with Gasteiger partial charge in [0.15, 0.2) is 4.80 Å². The van der Waals surface area contributed by atoms with Gasteiger partial charge in [0.25, 0.3) is 5.56 Å². The zero-order valence-corrected chi connectivity index (χ0v) is 16.2. The minimum Gasteiger partial charge on any atom is -0.465 e. The number of hydrogen-bond donors (Lipinski definition) is 0. The van der Waals surface area contributed by atoms with Crippen molar-refractivity contribution in [2.24, 2.45) is 4.99 Å². The number of benzene rings is 1. The highest BCUT2D eigenvalue weighted by atomic mass is 32.1. The molecule has 28 heavy (non-hydrogen) atoms. The Morgan fingerprint density at radius 3 is 2.75 bits per heavy atom. The molecule has 1 atom stereocenters. The van der Waals surface area contributed by atoms with Crippen LogP contribution in [0.1, 0.15) is 31.2 Å². The number of aromatic nitrogens is 1. The van der Waals surface area contributed by atoms with Crippen molar-refractivity contribution in [2.45, 2.75) is 19.9 Å². The van der Waals surface area contributed by atoms with E-state index >= 15 is 0 Å². The Hall–Kier alpha value is -3.19. The summed E-state index contributed by atoms with van der Waals surface area (Å²) in [6.45, 7) is 3.77. The average Bonchev–Trinajstić information content (AvgIpc) is 3.30. The number of nitrogens with zero attached hydrogens (tertiary/aromatic N) is 2. The number of fused-ring (bicyclic) bond motifs is 1. The van der Waals surface area contributed by atoms with E-state index in [0.29, 0.717) is 26.4 Å². The van der Waals surface area contributed by atoms with Gasteiger partial charge in [0.1, 0.15) is 5.76 Å². The molecule has 0 spiro atoms. The van der Waals surface area contributed by atoms with Crippen LogP contribution in [0.4, 0.5) is 0 Å². The van der Waals surface area contributed by atoms with E-state index in [9.17, 15) is 9.59 Å². The van der Waals surface area contributed by atoms with Crippen LogP contribution in [0, 0.1) is 0 Å². The standard InChI is InChI=1S/C21H18N2O4S/c1-3-26-20(25)17-13(2)22-21-23(18(17)14-8-5-4-6-9-14)19(24)16(28-21)12-15-10-7-11-27-15/h4-12,18H,3H2,1-2H3/t18-/m0/s1. The molecule has 0 radical (unpaired) electrons. The van der Waals surface area contributed by atoms with Crippen molar-refractivity contribution in [3.05, 3.63) is 91.0 Å². The first kappa shape index (κ1) is 18.2. The molecule has 0 N–H and O–H groups in total. The van der Waals surface area contributed by atoms with E-state index in [0.717, 1.165) is 5.56 Å². The van der Waals surface area contributed by atoms with Crippen molar-refractivity contribution >= 4 is 23.4 Å². The van der Waals surface area contributed by atoms with Crippen LogP contribution in [0.2, 0.25) is 0 Å². The summed E-state index contributed by atoms with van der Waals surface area (Å²) < 4.78 is 12.7. The van der Waals surface area contributed by atoms with Gasteiger partial charge in [-0.25, -0.2) is 9.79 Å². The maximum atomic E-state index is 13.2. The number of esters is 1. The summed E-state index contributed by atoms with van der Waals surface area (Å²) in [5, 5.41) is 0. The molecule has 0 aliphatic carbocycles. The van der Waals surface area contributed by atoms with Gasteiger partial charge in [-0.2, -0.15) is 0 Å². The number of furan rings is 1. The minimum absolute atomic E-state index is 0.219. The molecule has 0 saturated carbocycles. The lowest BCUT2D eigenvalue weighted by Gasteiger charge is -2.24. The third-order valence-electron chi connectivity index (χ3n) is 4.45. The van der Waals surface area contributed by atoms with E-state index in [1.54, 1.807) is 42.9 Å². The lowest BCUT2D eigenvalue weighted by molar-refractivity contribution is -0.139. The van der Waals surface area contributed by atoms with Gasteiger partial charge in [-0.05, 0) is 31.5 Å². The fraction of sp³-hybridized carbons (Fsp3) is 0.190. The minimum atomic E-state index is -0.588. The number of hydrogen-bond acceptors (Lipinski definition) is 6. The summed E-state index contributed by atoms with van der Waals surface area (Å²) in [6.07, 6.45) is 3.24. The highest BCUT2D eigenvalue weighted by molar-refractivity contribution is 7.07. The smallest absolute Gasteiger partial charge is 0.338 e. The molecule has 1 aliphatic rings. The lowest BCUT2D eigenvalue weighted by Crippen LogP contribution is -2.39. The molecule has 3 aromatic rings. The summed E-state index contributed by atoms with van der Waals surface area (Å²) in [4.78, 5) is 31.0. The molecule has 1 aliphatic heterocycles. The van der Waals surface area contributed by atoms with Crippen LogP contribution in [0.3, 0.4) is 0 Å². The summed E-state index contributed by atoms with van der Waals surface area (Å²) in [5.41, 5.74) is 1.54. The van der Waals surface area contributed by atoms with Crippen LogP contribution in [-0.4, -0.2) is 17.1 Å². The molecule has 0 unspecified atom stereocenters. The molecule has 6 nitrogen and oxygen atoms in total. The molecule has 0 fully saturated rings. The van der Waals surface area contributed by atoms with Crippen LogP contribution in [0.15, 0.2) is 74.2 Å². The Balaban J connectivity index is 1.97. The Morgan fingerprint density at radius 1 is 1.29 bits per heavy atom. The normalized spacial score (nSPS) is 16.6. The number of carbonyl (C=O) groups excluding carboxylic acids is 1. The van der Waals surface area contributed by atoms with E-state index in [1.165, 1.54) is 11.3 Å². The Bertz CT molecular complexity index is 1220. The topological polar surface area (TPSA) is 73.8 Å². The lowest BCUT2D eigenvalue weighted by atomic mass is 9.96. The maximum absolute atomic E-state index is 13.2. The Morgan fingerprint density at radius 2 is 2.07 bits per heavy atom. The van der Waals surface area contributed by atoms with Crippen LogP contribution in [0.5, 0.6) is 0 Å². The number of thiazole rings is 1. The summed E-state index contributed by atoms with van der Waals surface area (Å²) >= 11 is 1.27. The SMILES string of the molecule is CCOC(=O)C1=C(C)N=c2sc(=Cc3ccco3)c(=O)n2[C@H]1c1ccccc1. The van der Waals surface area contributed by atoms with Gasteiger partial charge in [0.05, 0.1) is 34.7 Å². The van der Waals surface area contributed by atoms with E-state index in [4.69, 9.17) is 9.15 Å². The fourth-order valence-electron chi connectivity index (χ4n) is 3.24. The molecule has 142 valence electrons. The quantitative estimate of drug-likeness (QED) is 0.637. The third-order valence-corrected chi connectivity index (χ3v) is 5.43. The maximum Gasteiger partial charge on any atom is 0.338 e. The van der Waals surface area contributed by atoms with Gasteiger partial charge in [-0.15, -0.1) is 0 Å². The average molecular weight is 394 g/mol. The zero-order valence-electron chi connectivity index (χ0n) is 15.4. The molecular formula is C21H18N2O4S.